The van der Waals surface area contributed by atoms with Crippen LogP contribution in [0.1, 0.15) is 44.2 Å². The summed E-state index contributed by atoms with van der Waals surface area (Å²) >= 11 is 6.15. The van der Waals surface area contributed by atoms with Crippen LogP contribution in [0.5, 0.6) is 0 Å². The molecule has 0 unspecified atom stereocenters. The summed E-state index contributed by atoms with van der Waals surface area (Å²) in [6.07, 6.45) is 3.55. The maximum absolute atomic E-state index is 11.8. The zero-order chi connectivity index (χ0) is 15.1. The molecule has 0 aliphatic carbocycles. The van der Waals surface area contributed by atoms with Crippen molar-refractivity contribution in [3.8, 4) is 0 Å². The minimum Gasteiger partial charge on any atom is -0.504 e. The van der Waals surface area contributed by atoms with E-state index in [0.29, 0.717) is 31.0 Å². The molecule has 0 amide bonds. The Balaban J connectivity index is 2.77. The Kier molecular flexibility index (Phi) is 6.80. The van der Waals surface area contributed by atoms with Crippen molar-refractivity contribution in [2.45, 2.75) is 40.0 Å². The van der Waals surface area contributed by atoms with E-state index in [-0.39, 0.29) is 0 Å². The van der Waals surface area contributed by atoms with E-state index in [1.165, 1.54) is 0 Å². The average molecular weight is 295 g/mol. The van der Waals surface area contributed by atoms with Crippen LogP contribution in [0, 0.1) is 12.8 Å². The van der Waals surface area contributed by atoms with E-state index in [1.807, 2.05) is 25.1 Å². The lowest BCUT2D eigenvalue weighted by atomic mass is 9.97. The number of aryl methyl sites for hydroxylation is 1. The summed E-state index contributed by atoms with van der Waals surface area (Å²) in [6, 6.07) is 5.92. The molecule has 0 spiro atoms. The minimum absolute atomic E-state index is 0.292. The first-order valence-electron chi connectivity index (χ1n) is 6.94. The van der Waals surface area contributed by atoms with Crippen molar-refractivity contribution in [3.05, 3.63) is 40.6 Å². The Morgan fingerprint density at radius 2 is 2.05 bits per heavy atom. The summed E-state index contributed by atoms with van der Waals surface area (Å²) in [5.74, 6) is 0.700. The second-order valence-corrected chi connectivity index (χ2v) is 5.89. The van der Waals surface area contributed by atoms with Crippen molar-refractivity contribution in [2.24, 2.45) is 5.92 Å². The van der Waals surface area contributed by atoms with Gasteiger partial charge in [-0.3, -0.25) is 4.79 Å². The highest BCUT2D eigenvalue weighted by atomic mass is 35.5. The molecule has 0 fully saturated rings. The van der Waals surface area contributed by atoms with Gasteiger partial charge in [0.15, 0.2) is 0 Å². The normalized spacial score (nSPS) is 11.8. The number of Topliss-reactive ketones (excluding diaryl/α,β-unsaturated/α-hetero) is 1. The van der Waals surface area contributed by atoms with E-state index in [0.717, 1.165) is 21.7 Å². The predicted molar refractivity (Wildman–Crippen MR) is 84.9 cm³/mol. The van der Waals surface area contributed by atoms with Crippen LogP contribution in [0.3, 0.4) is 0 Å². The van der Waals surface area contributed by atoms with Crippen molar-refractivity contribution >= 4 is 23.0 Å². The Labute approximate surface area is 126 Å². The van der Waals surface area contributed by atoms with E-state index in [2.05, 4.69) is 13.8 Å². The molecule has 0 radical (unpaired) electrons. The van der Waals surface area contributed by atoms with Gasteiger partial charge in [-0.05, 0) is 42.0 Å². The highest BCUT2D eigenvalue weighted by Crippen LogP contribution is 2.25. The number of ketones is 1. The standard InChI is InChI=1S/C17H23ClO2/c1-12(2)9-16(19)8-7-15(11-20-4)14-6-5-13(3)17(18)10-14/h5-6,10-12H,7-9H2,1-4H3/b15-11+. The van der Waals surface area contributed by atoms with E-state index < -0.39 is 0 Å². The Hall–Kier alpha value is -1.28. The molecule has 0 bridgehead atoms. The van der Waals surface area contributed by atoms with E-state index in [1.54, 1.807) is 13.4 Å². The Bertz CT molecular complexity index is 490. The molecule has 1 rings (SSSR count). The third-order valence-corrected chi connectivity index (χ3v) is 3.52. The van der Waals surface area contributed by atoms with Gasteiger partial charge in [-0.25, -0.2) is 0 Å². The lowest BCUT2D eigenvalue weighted by Crippen LogP contribution is -2.03. The summed E-state index contributed by atoms with van der Waals surface area (Å²) in [6.45, 7) is 6.09. The van der Waals surface area contributed by atoms with Gasteiger partial charge in [0, 0.05) is 17.9 Å². The molecule has 3 heteroatoms. The first kappa shape index (κ1) is 16.8. The van der Waals surface area contributed by atoms with Crippen LogP contribution in [0.4, 0.5) is 0 Å². The van der Waals surface area contributed by atoms with Gasteiger partial charge in [-0.1, -0.05) is 37.6 Å². The number of carbonyl (C=O) groups is 1. The first-order chi connectivity index (χ1) is 9.43. The predicted octanol–water partition coefficient (Wildman–Crippen LogP) is 5.03. The molecule has 1 aromatic carbocycles. The van der Waals surface area contributed by atoms with Crippen LogP contribution >= 0.6 is 11.6 Å². The lowest BCUT2D eigenvalue weighted by molar-refractivity contribution is -0.119. The molecule has 0 aliphatic rings. The molecule has 0 atom stereocenters. The maximum atomic E-state index is 11.8. The smallest absolute Gasteiger partial charge is 0.133 e. The number of allylic oxidation sites excluding steroid dienone is 1. The van der Waals surface area contributed by atoms with Gasteiger partial charge in [0.1, 0.15) is 5.78 Å². The fourth-order valence-corrected chi connectivity index (χ4v) is 2.22. The van der Waals surface area contributed by atoms with Crippen LogP contribution < -0.4 is 0 Å². The summed E-state index contributed by atoms with van der Waals surface area (Å²) in [4.78, 5) is 11.8. The monoisotopic (exact) mass is 294 g/mol. The summed E-state index contributed by atoms with van der Waals surface area (Å²) in [7, 11) is 1.62. The lowest BCUT2D eigenvalue weighted by Gasteiger charge is -2.10. The van der Waals surface area contributed by atoms with Crippen molar-refractivity contribution in [1.29, 1.82) is 0 Å². The molecule has 0 aromatic heterocycles. The fraction of sp³-hybridized carbons (Fsp3) is 0.471. The van der Waals surface area contributed by atoms with Gasteiger partial charge in [-0.15, -0.1) is 0 Å². The number of ether oxygens (including phenoxy) is 1. The molecule has 0 saturated carbocycles. The van der Waals surface area contributed by atoms with Gasteiger partial charge in [-0.2, -0.15) is 0 Å². The number of benzene rings is 1. The molecule has 0 heterocycles. The quantitative estimate of drug-likeness (QED) is 0.659. The molecule has 110 valence electrons. The molecule has 20 heavy (non-hydrogen) atoms. The van der Waals surface area contributed by atoms with Gasteiger partial charge in [0.25, 0.3) is 0 Å². The number of rotatable bonds is 7. The van der Waals surface area contributed by atoms with Crippen LogP contribution in [0.2, 0.25) is 5.02 Å². The van der Waals surface area contributed by atoms with E-state index in [4.69, 9.17) is 16.3 Å². The average Bonchev–Trinajstić information content (AvgIpc) is 2.37. The summed E-state index contributed by atoms with van der Waals surface area (Å²) in [5.41, 5.74) is 3.06. The second-order valence-electron chi connectivity index (χ2n) is 5.48. The highest BCUT2D eigenvalue weighted by Gasteiger charge is 2.09. The molecule has 0 aliphatic heterocycles. The van der Waals surface area contributed by atoms with Crippen molar-refractivity contribution in [2.75, 3.05) is 7.11 Å². The van der Waals surface area contributed by atoms with Crippen LogP contribution in [-0.4, -0.2) is 12.9 Å². The second kappa shape index (κ2) is 8.11. The van der Waals surface area contributed by atoms with E-state index in [9.17, 15) is 4.79 Å². The number of carbonyl (C=O) groups excluding carboxylic acids is 1. The number of hydrogen-bond donors (Lipinski definition) is 0. The van der Waals surface area contributed by atoms with Gasteiger partial charge < -0.3 is 4.74 Å². The van der Waals surface area contributed by atoms with Crippen molar-refractivity contribution in [3.63, 3.8) is 0 Å². The summed E-state index contributed by atoms with van der Waals surface area (Å²) in [5, 5.41) is 0.734. The SMILES string of the molecule is CO/C=C(\CCC(=O)CC(C)C)c1ccc(C)c(Cl)c1. The van der Waals surface area contributed by atoms with Crippen LogP contribution in [0.25, 0.3) is 5.57 Å². The highest BCUT2D eigenvalue weighted by molar-refractivity contribution is 6.31. The minimum atomic E-state index is 0.292. The van der Waals surface area contributed by atoms with Crippen LogP contribution in [-0.2, 0) is 9.53 Å². The molecular formula is C17H23ClO2. The molecule has 0 N–H and O–H groups in total. The topological polar surface area (TPSA) is 26.3 Å². The van der Waals surface area contributed by atoms with Gasteiger partial charge in [0.05, 0.1) is 13.4 Å². The fourth-order valence-electron chi connectivity index (χ4n) is 2.04. The molecule has 1 aromatic rings. The van der Waals surface area contributed by atoms with Gasteiger partial charge in [0.2, 0.25) is 0 Å². The molecule has 0 saturated heterocycles. The van der Waals surface area contributed by atoms with E-state index >= 15 is 0 Å². The maximum Gasteiger partial charge on any atom is 0.133 e. The number of halogens is 1. The summed E-state index contributed by atoms with van der Waals surface area (Å²) < 4.78 is 5.13. The largest absolute Gasteiger partial charge is 0.504 e. The Morgan fingerprint density at radius 3 is 2.60 bits per heavy atom. The third kappa shape index (κ3) is 5.38. The third-order valence-electron chi connectivity index (χ3n) is 3.11. The van der Waals surface area contributed by atoms with Gasteiger partial charge >= 0.3 is 0 Å². The number of methoxy groups -OCH3 is 1. The zero-order valence-electron chi connectivity index (χ0n) is 12.7. The van der Waals surface area contributed by atoms with Crippen molar-refractivity contribution in [1.82, 2.24) is 0 Å². The first-order valence-corrected chi connectivity index (χ1v) is 7.32. The zero-order valence-corrected chi connectivity index (χ0v) is 13.5. The van der Waals surface area contributed by atoms with Crippen molar-refractivity contribution < 1.29 is 9.53 Å². The Morgan fingerprint density at radius 1 is 1.35 bits per heavy atom. The molecule has 2 nitrogen and oxygen atoms in total. The number of hydrogen-bond acceptors (Lipinski definition) is 2. The van der Waals surface area contributed by atoms with Crippen LogP contribution in [0.15, 0.2) is 24.5 Å². The molecular weight excluding hydrogens is 272 g/mol.